The molecule has 0 aliphatic heterocycles. The molecular formula is C23H29N3O3. The number of aromatic hydroxyl groups is 1. The molecule has 3 rings (SSSR count). The number of aliphatic hydroxyl groups is 1. The number of aryl methyl sites for hydroxylation is 1. The second-order valence-corrected chi connectivity index (χ2v) is 8.56. The molecule has 0 saturated heterocycles. The minimum Gasteiger partial charge on any atom is -0.505 e. The molecule has 1 aromatic heterocycles. The van der Waals surface area contributed by atoms with Crippen molar-refractivity contribution < 1.29 is 14.9 Å². The summed E-state index contributed by atoms with van der Waals surface area (Å²) in [6.07, 6.45) is -0.308. The fraction of sp³-hybridized carbons (Fsp3) is 0.391. The maximum absolute atomic E-state index is 10.8. The van der Waals surface area contributed by atoms with Crippen LogP contribution in [0.2, 0.25) is 0 Å². The highest BCUT2D eigenvalue weighted by molar-refractivity contribution is 5.75. The normalized spacial score (nSPS) is 13.0. The molecule has 2 aromatic carbocycles. The summed E-state index contributed by atoms with van der Waals surface area (Å²) in [5.41, 5.74) is 5.37. The van der Waals surface area contributed by atoms with Crippen LogP contribution < -0.4 is 0 Å². The first kappa shape index (κ1) is 21.0. The van der Waals surface area contributed by atoms with Gasteiger partial charge in [-0.1, -0.05) is 39.5 Å². The van der Waals surface area contributed by atoms with E-state index in [0.29, 0.717) is 24.3 Å². The first-order chi connectivity index (χ1) is 13.6. The van der Waals surface area contributed by atoms with Crippen molar-refractivity contribution in [2.45, 2.75) is 52.7 Å². The third-order valence-electron chi connectivity index (χ3n) is 4.79. The van der Waals surface area contributed by atoms with E-state index in [1.165, 1.54) is 4.80 Å². The van der Waals surface area contributed by atoms with Crippen LogP contribution in [-0.2, 0) is 16.6 Å². The van der Waals surface area contributed by atoms with Gasteiger partial charge in [-0.25, -0.2) is 0 Å². The van der Waals surface area contributed by atoms with Crippen LogP contribution in [-0.4, -0.2) is 38.1 Å². The van der Waals surface area contributed by atoms with Crippen molar-refractivity contribution in [2.75, 3.05) is 6.61 Å². The predicted octanol–water partition coefficient (Wildman–Crippen LogP) is 4.19. The molecule has 0 aliphatic carbocycles. The number of ether oxygens (including phenoxy) is 1. The highest BCUT2D eigenvalue weighted by atomic mass is 16.6. The lowest BCUT2D eigenvalue weighted by Gasteiger charge is -2.22. The largest absolute Gasteiger partial charge is 0.505 e. The Morgan fingerprint density at radius 2 is 1.86 bits per heavy atom. The number of fused-ring (bicyclic) bond motifs is 1. The number of benzene rings is 2. The van der Waals surface area contributed by atoms with Gasteiger partial charge in [0.25, 0.3) is 0 Å². The Balaban J connectivity index is 1.89. The maximum Gasteiger partial charge on any atom is 0.176 e. The molecule has 0 fully saturated rings. The highest BCUT2D eigenvalue weighted by Crippen LogP contribution is 2.36. The Morgan fingerprint density at radius 1 is 1.17 bits per heavy atom. The Kier molecular flexibility index (Phi) is 5.78. The van der Waals surface area contributed by atoms with Crippen LogP contribution in [0.3, 0.4) is 0 Å². The van der Waals surface area contributed by atoms with E-state index in [1.807, 2.05) is 37.3 Å². The molecule has 0 aliphatic rings. The number of hydrogen-bond acceptors (Lipinski definition) is 5. The Bertz CT molecular complexity index is 1050. The van der Waals surface area contributed by atoms with Crippen LogP contribution in [0.4, 0.5) is 0 Å². The number of aromatic nitrogens is 3. The number of phenols is 1. The lowest BCUT2D eigenvalue weighted by Crippen LogP contribution is -2.14. The fourth-order valence-corrected chi connectivity index (χ4v) is 3.14. The number of phenolic OH excluding ortho intramolecular Hbond substituents is 1. The van der Waals surface area contributed by atoms with Gasteiger partial charge in [-0.2, -0.15) is 0 Å². The smallest absolute Gasteiger partial charge is 0.176 e. The highest BCUT2D eigenvalue weighted by Gasteiger charge is 2.22. The van der Waals surface area contributed by atoms with Crippen LogP contribution in [0.1, 0.15) is 44.4 Å². The lowest BCUT2D eigenvalue weighted by atomic mass is 9.85. The van der Waals surface area contributed by atoms with Gasteiger partial charge in [0.1, 0.15) is 22.5 Å². The topological polar surface area (TPSA) is 80.4 Å². The predicted molar refractivity (Wildman–Crippen MR) is 114 cm³/mol. The van der Waals surface area contributed by atoms with Gasteiger partial charge in [-0.05, 0) is 60.6 Å². The molecule has 0 amide bonds. The zero-order valence-corrected chi connectivity index (χ0v) is 17.7. The molecule has 6 heteroatoms. The van der Waals surface area contributed by atoms with Crippen LogP contribution in [0.5, 0.6) is 5.75 Å². The summed E-state index contributed by atoms with van der Waals surface area (Å²) in [5, 5.41) is 29.6. The zero-order valence-electron chi connectivity index (χ0n) is 17.7. The number of nitrogens with zero attached hydrogens (tertiary/aromatic N) is 3. The van der Waals surface area contributed by atoms with Gasteiger partial charge >= 0.3 is 0 Å². The minimum absolute atomic E-state index is 0.195. The van der Waals surface area contributed by atoms with Crippen LogP contribution in [0.15, 0.2) is 42.5 Å². The van der Waals surface area contributed by atoms with Crippen molar-refractivity contribution in [2.24, 2.45) is 0 Å². The molecule has 1 unspecified atom stereocenters. The van der Waals surface area contributed by atoms with Gasteiger partial charge in [0.15, 0.2) is 6.29 Å². The molecule has 0 saturated carbocycles. The van der Waals surface area contributed by atoms with E-state index >= 15 is 0 Å². The van der Waals surface area contributed by atoms with E-state index in [-0.39, 0.29) is 11.2 Å². The fourth-order valence-electron chi connectivity index (χ4n) is 3.14. The molecular weight excluding hydrogens is 366 g/mol. The first-order valence-electron chi connectivity index (χ1n) is 9.72. The number of hydrogen-bond donors (Lipinski definition) is 2. The average molecular weight is 396 g/mol. The second kappa shape index (κ2) is 7.97. The molecule has 6 nitrogen and oxygen atoms in total. The molecule has 3 aromatic rings. The average Bonchev–Trinajstić information content (AvgIpc) is 3.05. The van der Waals surface area contributed by atoms with Crippen molar-refractivity contribution in [3.63, 3.8) is 0 Å². The summed E-state index contributed by atoms with van der Waals surface area (Å²) in [6.45, 7) is 14.0. The van der Waals surface area contributed by atoms with E-state index < -0.39 is 6.29 Å². The van der Waals surface area contributed by atoms with Gasteiger partial charge in [-0.3, -0.25) is 0 Å². The van der Waals surface area contributed by atoms with E-state index in [2.05, 4.69) is 37.5 Å². The molecule has 2 N–H and O–H groups in total. The van der Waals surface area contributed by atoms with E-state index in [1.54, 1.807) is 6.92 Å². The Hall–Kier alpha value is -2.70. The van der Waals surface area contributed by atoms with Crippen LogP contribution in [0, 0.1) is 6.92 Å². The standard InChI is InChI=1S/C23H29N3O3/c1-14(2)22(28)29-10-9-16-7-8-18-19(13-16)25-26(24-18)20-12-15(3)11-17(21(20)27)23(4,5)6/h7-8,11-13,22,27-28H,1,9-10H2,2-6H3. The van der Waals surface area contributed by atoms with E-state index in [0.717, 1.165) is 27.7 Å². The lowest BCUT2D eigenvalue weighted by molar-refractivity contribution is -0.0705. The van der Waals surface area contributed by atoms with Crippen molar-refractivity contribution in [1.82, 2.24) is 15.0 Å². The minimum atomic E-state index is -0.944. The quantitative estimate of drug-likeness (QED) is 0.483. The van der Waals surface area contributed by atoms with Gasteiger partial charge in [-0.15, -0.1) is 15.0 Å². The summed E-state index contributed by atoms with van der Waals surface area (Å²) in [4.78, 5) is 1.49. The van der Waals surface area contributed by atoms with Crippen LogP contribution in [0.25, 0.3) is 16.7 Å². The zero-order chi connectivity index (χ0) is 21.3. The maximum atomic E-state index is 10.8. The second-order valence-electron chi connectivity index (χ2n) is 8.56. The molecule has 0 radical (unpaired) electrons. The Labute approximate surface area is 171 Å². The summed E-state index contributed by atoms with van der Waals surface area (Å²) >= 11 is 0. The van der Waals surface area contributed by atoms with Gasteiger partial charge in [0.05, 0.1) is 6.61 Å². The summed E-state index contributed by atoms with van der Waals surface area (Å²) in [7, 11) is 0. The number of aliphatic hydroxyl groups excluding tert-OH is 1. The van der Waals surface area contributed by atoms with Gasteiger partial charge in [0.2, 0.25) is 0 Å². The van der Waals surface area contributed by atoms with Crippen molar-refractivity contribution in [1.29, 1.82) is 0 Å². The molecule has 0 bridgehead atoms. The summed E-state index contributed by atoms with van der Waals surface area (Å²) in [6, 6.07) is 9.71. The summed E-state index contributed by atoms with van der Waals surface area (Å²) in [5.74, 6) is 0.200. The molecule has 1 heterocycles. The van der Waals surface area contributed by atoms with Gasteiger partial charge < -0.3 is 14.9 Å². The molecule has 1 atom stereocenters. The Morgan fingerprint density at radius 3 is 2.52 bits per heavy atom. The van der Waals surface area contributed by atoms with E-state index in [9.17, 15) is 10.2 Å². The number of rotatable bonds is 6. The van der Waals surface area contributed by atoms with Gasteiger partial charge in [0, 0.05) is 5.56 Å². The molecule has 0 spiro atoms. The van der Waals surface area contributed by atoms with Crippen LogP contribution >= 0.6 is 0 Å². The summed E-state index contributed by atoms with van der Waals surface area (Å²) < 4.78 is 5.35. The van der Waals surface area contributed by atoms with Crippen molar-refractivity contribution in [3.05, 3.63) is 59.2 Å². The monoisotopic (exact) mass is 395 g/mol. The van der Waals surface area contributed by atoms with Crippen molar-refractivity contribution in [3.8, 4) is 11.4 Å². The van der Waals surface area contributed by atoms with Crippen molar-refractivity contribution >= 4 is 11.0 Å². The molecule has 29 heavy (non-hydrogen) atoms. The third kappa shape index (κ3) is 4.66. The third-order valence-corrected chi connectivity index (χ3v) is 4.79. The van der Waals surface area contributed by atoms with E-state index in [4.69, 9.17) is 4.74 Å². The molecule has 154 valence electrons. The first-order valence-corrected chi connectivity index (χ1v) is 9.72. The SMILES string of the molecule is C=C(C)C(O)OCCc1ccc2nn(-c3cc(C)cc(C(C)(C)C)c3O)nc2c1.